The van der Waals surface area contributed by atoms with E-state index in [-0.39, 0.29) is 11.5 Å². The van der Waals surface area contributed by atoms with Crippen molar-refractivity contribution >= 4 is 5.78 Å². The number of carbonyl (C=O) groups is 1. The number of aliphatic hydroxyl groups is 1. The smallest absolute Gasteiger partial charge is 0.159 e. The van der Waals surface area contributed by atoms with E-state index in [0.29, 0.717) is 40.9 Å². The Balaban J connectivity index is 1.45. The molecule has 30 heavy (non-hydrogen) atoms. The van der Waals surface area contributed by atoms with E-state index >= 15 is 0 Å². The van der Waals surface area contributed by atoms with Crippen LogP contribution in [0.5, 0.6) is 0 Å². The van der Waals surface area contributed by atoms with E-state index in [1.807, 2.05) is 0 Å². The number of hydrogen-bond acceptors (Lipinski definition) is 3. The average Bonchev–Trinajstić information content (AvgIpc) is 2.99. The molecule has 3 heteroatoms. The highest BCUT2D eigenvalue weighted by atomic mass is 16.3. The van der Waals surface area contributed by atoms with Gasteiger partial charge in [-0.3, -0.25) is 4.79 Å². The standard InChI is InChI=1S/C27H43NO2/c1-16-5-8-23(28-15-16)17(2)22-14-24(30)25-20-7-6-18-13-19(29)9-11-26(18,3)21(20)10-12-27(22,25)4/h16-19,21-23,28-29H,5-15H2,1-4H3. The van der Waals surface area contributed by atoms with E-state index in [1.54, 1.807) is 5.57 Å². The zero-order chi connectivity index (χ0) is 21.3. The van der Waals surface area contributed by atoms with Crippen molar-refractivity contribution in [1.82, 2.24) is 5.32 Å². The van der Waals surface area contributed by atoms with Gasteiger partial charge in [-0.25, -0.2) is 0 Å². The van der Waals surface area contributed by atoms with Crippen LogP contribution in [0.15, 0.2) is 11.1 Å². The van der Waals surface area contributed by atoms with E-state index in [4.69, 9.17) is 0 Å². The first-order valence-corrected chi connectivity index (χ1v) is 12.9. The van der Waals surface area contributed by atoms with Gasteiger partial charge in [0.15, 0.2) is 5.78 Å². The summed E-state index contributed by atoms with van der Waals surface area (Å²) in [6.07, 6.45) is 11.0. The van der Waals surface area contributed by atoms with Crippen LogP contribution in [0.3, 0.4) is 0 Å². The molecule has 1 heterocycles. The first kappa shape index (κ1) is 21.2. The highest BCUT2D eigenvalue weighted by Gasteiger charge is 2.58. The van der Waals surface area contributed by atoms with Crippen molar-refractivity contribution in [2.75, 3.05) is 6.54 Å². The van der Waals surface area contributed by atoms with Gasteiger partial charge in [-0.15, -0.1) is 0 Å². The van der Waals surface area contributed by atoms with Gasteiger partial charge >= 0.3 is 0 Å². The molecule has 0 aromatic heterocycles. The average molecular weight is 414 g/mol. The minimum atomic E-state index is -0.102. The molecule has 0 aromatic carbocycles. The van der Waals surface area contributed by atoms with Crippen molar-refractivity contribution in [2.24, 2.45) is 40.4 Å². The Bertz CT molecular complexity index is 735. The molecule has 2 N–H and O–H groups in total. The molecule has 1 saturated heterocycles. The molecule has 0 amide bonds. The number of carbonyl (C=O) groups excluding carboxylic acids is 1. The Hall–Kier alpha value is -0.670. The van der Waals surface area contributed by atoms with Gasteiger partial charge in [0.25, 0.3) is 0 Å². The van der Waals surface area contributed by atoms with Gasteiger partial charge in [0.1, 0.15) is 0 Å². The van der Waals surface area contributed by atoms with Crippen molar-refractivity contribution in [3.63, 3.8) is 0 Å². The third-order valence-corrected chi connectivity index (χ3v) is 10.8. The molecule has 0 aromatic rings. The minimum Gasteiger partial charge on any atom is -0.393 e. The summed E-state index contributed by atoms with van der Waals surface area (Å²) in [6, 6.07) is 0.575. The Labute approximate surface area is 183 Å². The molecule has 0 spiro atoms. The zero-order valence-corrected chi connectivity index (χ0v) is 19.7. The van der Waals surface area contributed by atoms with Crippen LogP contribution in [0.1, 0.15) is 91.9 Å². The van der Waals surface area contributed by atoms with Gasteiger partial charge in [0.05, 0.1) is 6.10 Å². The minimum absolute atomic E-state index is 0.0878. The normalized spacial score (nSPS) is 50.0. The number of hydrogen-bond donors (Lipinski definition) is 2. The van der Waals surface area contributed by atoms with Crippen molar-refractivity contribution in [3.8, 4) is 0 Å². The van der Waals surface area contributed by atoms with E-state index < -0.39 is 0 Å². The van der Waals surface area contributed by atoms with E-state index in [1.165, 1.54) is 37.7 Å². The third kappa shape index (κ3) is 3.09. The predicted octanol–water partition coefficient (Wildman–Crippen LogP) is 5.27. The van der Waals surface area contributed by atoms with Crippen LogP contribution in [0, 0.1) is 40.4 Å². The number of nitrogens with one attached hydrogen (secondary N) is 1. The lowest BCUT2D eigenvalue weighted by Crippen LogP contribution is -2.50. The first-order chi connectivity index (χ1) is 14.2. The summed E-state index contributed by atoms with van der Waals surface area (Å²) < 4.78 is 0. The maximum Gasteiger partial charge on any atom is 0.159 e. The first-order valence-electron chi connectivity index (χ1n) is 12.9. The SMILES string of the molecule is CC1CCC(C(C)C2CC(=O)C3=C4CCC5CC(O)CCC5(C)C4CCC32C)NC1. The second kappa shape index (κ2) is 7.44. The molecular weight excluding hydrogens is 370 g/mol. The molecule has 9 unspecified atom stereocenters. The summed E-state index contributed by atoms with van der Waals surface area (Å²) in [5, 5.41) is 14.1. The molecule has 0 radical (unpaired) electrons. The fraction of sp³-hybridized carbons (Fsp3) is 0.889. The molecule has 9 atom stereocenters. The number of piperidine rings is 1. The maximum atomic E-state index is 13.5. The molecule has 3 saturated carbocycles. The van der Waals surface area contributed by atoms with Crippen molar-refractivity contribution in [2.45, 2.75) is 104 Å². The Morgan fingerprint density at radius 2 is 1.90 bits per heavy atom. The van der Waals surface area contributed by atoms with Crippen LogP contribution in [0.25, 0.3) is 0 Å². The number of aliphatic hydroxyl groups excluding tert-OH is 1. The van der Waals surface area contributed by atoms with Crippen LogP contribution < -0.4 is 5.32 Å². The fourth-order valence-electron chi connectivity index (χ4n) is 8.86. The molecule has 0 bridgehead atoms. The summed E-state index contributed by atoms with van der Waals surface area (Å²) in [5.41, 5.74) is 3.23. The molecule has 1 aliphatic heterocycles. The number of rotatable bonds is 2. The van der Waals surface area contributed by atoms with Crippen LogP contribution in [-0.2, 0) is 4.79 Å². The van der Waals surface area contributed by atoms with E-state index in [0.717, 1.165) is 44.6 Å². The Kier molecular flexibility index (Phi) is 5.26. The number of fused-ring (bicyclic) bond motifs is 4. The molecule has 4 fully saturated rings. The maximum absolute atomic E-state index is 13.5. The van der Waals surface area contributed by atoms with Crippen LogP contribution >= 0.6 is 0 Å². The van der Waals surface area contributed by atoms with Crippen molar-refractivity contribution in [3.05, 3.63) is 11.1 Å². The number of ketones is 1. The van der Waals surface area contributed by atoms with Gasteiger partial charge in [-0.05, 0) is 105 Å². The summed E-state index contributed by atoms with van der Waals surface area (Å²) >= 11 is 0. The molecule has 5 rings (SSSR count). The summed E-state index contributed by atoms with van der Waals surface area (Å²) in [6.45, 7) is 10.8. The summed E-state index contributed by atoms with van der Waals surface area (Å²) in [5.74, 6) is 3.55. The summed E-state index contributed by atoms with van der Waals surface area (Å²) in [4.78, 5) is 13.5. The predicted molar refractivity (Wildman–Crippen MR) is 121 cm³/mol. The second-order valence-electron chi connectivity index (χ2n) is 12.4. The van der Waals surface area contributed by atoms with Gasteiger partial charge in [0.2, 0.25) is 0 Å². The highest BCUT2D eigenvalue weighted by Crippen LogP contribution is 2.65. The molecule has 5 aliphatic rings. The van der Waals surface area contributed by atoms with Crippen LogP contribution in [-0.4, -0.2) is 29.6 Å². The monoisotopic (exact) mass is 413 g/mol. The van der Waals surface area contributed by atoms with Gasteiger partial charge < -0.3 is 10.4 Å². The topological polar surface area (TPSA) is 49.3 Å². The number of Topliss-reactive ketones (excluding diaryl/α,β-unsaturated/α-hetero) is 1. The van der Waals surface area contributed by atoms with E-state index in [9.17, 15) is 9.90 Å². The van der Waals surface area contributed by atoms with E-state index in [2.05, 4.69) is 33.0 Å². The molecule has 4 aliphatic carbocycles. The summed E-state index contributed by atoms with van der Waals surface area (Å²) in [7, 11) is 0. The quantitative estimate of drug-likeness (QED) is 0.648. The molecule has 3 nitrogen and oxygen atoms in total. The van der Waals surface area contributed by atoms with Crippen molar-refractivity contribution in [1.29, 1.82) is 0 Å². The van der Waals surface area contributed by atoms with Crippen LogP contribution in [0.2, 0.25) is 0 Å². The lowest BCUT2D eigenvalue weighted by atomic mass is 9.48. The van der Waals surface area contributed by atoms with Gasteiger partial charge in [-0.2, -0.15) is 0 Å². The molecule has 168 valence electrons. The lowest BCUT2D eigenvalue weighted by Gasteiger charge is -2.56. The lowest BCUT2D eigenvalue weighted by molar-refractivity contribution is -0.115. The highest BCUT2D eigenvalue weighted by molar-refractivity contribution is 6.00. The zero-order valence-electron chi connectivity index (χ0n) is 19.7. The van der Waals surface area contributed by atoms with Gasteiger partial charge in [0, 0.05) is 18.0 Å². The molecular formula is C27H43NO2. The Morgan fingerprint density at radius 1 is 1.10 bits per heavy atom. The largest absolute Gasteiger partial charge is 0.393 e. The second-order valence-corrected chi connectivity index (χ2v) is 12.4. The third-order valence-electron chi connectivity index (χ3n) is 10.8. The fourth-order valence-corrected chi connectivity index (χ4v) is 8.86. The van der Waals surface area contributed by atoms with Crippen LogP contribution in [0.4, 0.5) is 0 Å². The Morgan fingerprint density at radius 3 is 2.63 bits per heavy atom. The number of allylic oxidation sites excluding steroid dienone is 2. The van der Waals surface area contributed by atoms with Crippen molar-refractivity contribution < 1.29 is 9.90 Å². The van der Waals surface area contributed by atoms with Gasteiger partial charge in [-0.1, -0.05) is 33.3 Å².